The molecule has 0 bridgehead atoms. The minimum Gasteiger partial charge on any atom is -0.456 e. The van der Waals surface area contributed by atoms with E-state index in [2.05, 4.69) is 477 Å². The van der Waals surface area contributed by atoms with E-state index in [-0.39, 0.29) is 0 Å². The summed E-state index contributed by atoms with van der Waals surface area (Å²) in [6.07, 6.45) is 0. The predicted octanol–water partition coefficient (Wildman–Crippen LogP) is 33.5. The van der Waals surface area contributed by atoms with Crippen molar-refractivity contribution in [3.63, 3.8) is 0 Å². The molecule has 21 aromatic carbocycles. The third-order valence-electron chi connectivity index (χ3n) is 25.7. The first kappa shape index (κ1) is 76.4. The van der Waals surface area contributed by atoms with Crippen molar-refractivity contribution >= 4 is 192 Å². The first-order valence-corrected chi connectivity index (χ1v) is 50.8. The van der Waals surface area contributed by atoms with Crippen molar-refractivity contribution in [1.29, 1.82) is 0 Å². The third kappa shape index (κ3) is 13.3. The predicted molar refractivity (Wildman–Crippen MR) is 544 cm³/mol. The number of hydrogen-bond acceptors (Lipinski definition) is 7. The molecule has 2 aliphatic rings. The van der Waals surface area contributed by atoms with Crippen LogP contribution in [0.4, 0.5) is 68.2 Å². The number of nitrogens with zero attached hydrogens (tertiary/aromatic N) is 4. The van der Waals surface area contributed by atoms with E-state index in [0.29, 0.717) is 0 Å². The summed E-state index contributed by atoms with van der Waals surface area (Å²) in [6, 6.07) is 154. The van der Waals surface area contributed by atoms with Gasteiger partial charge in [-0.1, -0.05) is 311 Å². The second kappa shape index (κ2) is 30.8. The molecule has 22 aromatic rings. The molecule has 24 rings (SSSR count). The van der Waals surface area contributed by atoms with Crippen molar-refractivity contribution < 1.29 is 13.9 Å². The van der Waals surface area contributed by atoms with Crippen molar-refractivity contribution in [3.8, 4) is 56.4 Å². The first-order valence-electron chi connectivity index (χ1n) is 43.8. The number of furan rings is 1. The van der Waals surface area contributed by atoms with Crippen LogP contribution in [0.3, 0.4) is 0 Å². The Balaban J connectivity index is 0.000000147. The molecule has 9 heteroatoms. The van der Waals surface area contributed by atoms with Gasteiger partial charge in [0, 0.05) is 107 Å². The molecule has 0 saturated carbocycles. The van der Waals surface area contributed by atoms with Crippen LogP contribution < -0.4 is 39.4 Å². The molecule has 0 N–H and O–H groups in total. The number of hydrogen-bond donors (Lipinski definition) is 0. The molecule has 0 unspecified atom stereocenters. The van der Waals surface area contributed by atoms with Gasteiger partial charge in [-0.3, -0.25) is 0 Å². The number of benzene rings is 21. The highest BCUT2D eigenvalue weighted by molar-refractivity contribution is 6.89. The van der Waals surface area contributed by atoms with Crippen molar-refractivity contribution in [3.05, 3.63) is 425 Å². The molecule has 0 spiro atoms. The standard InChI is InChI=1S/C63H46N2O2Si.C55H42N2OSi/c1-68(2,3)45-35-32-43(33-36-45)64(42-20-8-5-9-21-42)44-34-37-50-55-39-53-47-23-10-11-24-48(47)58(40-54(53)51-26-17-31-60(62(51)55)66-61(50)38-44)65(56-28-14-12-22-46(56)41-18-6-4-7-19-41)57-29-16-27-52-49-25-13-15-30-59(49)67-63(52)57;1-59(2,3)44-30-27-41(28-31-44)56(39-17-6-4-7-18-39)43-29-32-47-51-35-49-45-21-12-13-22-46(45)52(36-50(49)48-23-14-24-53(55(48)51)58-54(47)34-43)57(40-19-8-5-9-20-40)42-26-25-37-15-10-11-16-38(37)33-42/h4-40H,1-3H3;4-36H,1-3H3. The quantitative estimate of drug-likeness (QED) is 0.0748. The van der Waals surface area contributed by atoms with Gasteiger partial charge in [0.2, 0.25) is 0 Å². The summed E-state index contributed by atoms with van der Waals surface area (Å²) in [5.74, 6) is 3.42. The Hall–Kier alpha value is -15.5. The topological polar surface area (TPSA) is 44.6 Å². The fraction of sp³-hybridized carbons (Fsp3) is 0.0508. The Labute approximate surface area is 740 Å². The molecule has 2 aliphatic heterocycles. The monoisotopic (exact) mass is 1660 g/mol. The van der Waals surface area contributed by atoms with Crippen LogP contribution in [0.2, 0.25) is 39.3 Å². The minimum atomic E-state index is -1.48. The lowest BCUT2D eigenvalue weighted by Crippen LogP contribution is -2.37. The largest absolute Gasteiger partial charge is 0.456 e. The fourth-order valence-corrected chi connectivity index (χ4v) is 21.9. The molecule has 1 aromatic heterocycles. The summed E-state index contributed by atoms with van der Waals surface area (Å²) in [6.45, 7) is 14.4. The normalized spacial score (nSPS) is 12.1. The van der Waals surface area contributed by atoms with Crippen LogP contribution >= 0.6 is 0 Å². The summed E-state index contributed by atoms with van der Waals surface area (Å²) >= 11 is 0. The van der Waals surface area contributed by atoms with E-state index in [9.17, 15) is 0 Å². The number of fused-ring (bicyclic) bond motifs is 16. The van der Waals surface area contributed by atoms with Gasteiger partial charge >= 0.3 is 0 Å². The van der Waals surface area contributed by atoms with Gasteiger partial charge in [-0.2, -0.15) is 0 Å². The van der Waals surface area contributed by atoms with Gasteiger partial charge in [-0.05, 0) is 222 Å². The molecule has 0 amide bonds. The zero-order valence-corrected chi connectivity index (χ0v) is 73.4. The van der Waals surface area contributed by atoms with E-state index in [1.807, 2.05) is 6.07 Å². The highest BCUT2D eigenvalue weighted by Crippen LogP contribution is 2.57. The lowest BCUT2D eigenvalue weighted by Gasteiger charge is -2.30. The highest BCUT2D eigenvalue weighted by Gasteiger charge is 2.32. The Morgan fingerprint density at radius 3 is 1.10 bits per heavy atom. The Bertz CT molecular complexity index is 8110. The molecule has 127 heavy (non-hydrogen) atoms. The van der Waals surface area contributed by atoms with E-state index in [1.54, 1.807) is 0 Å². The summed E-state index contributed by atoms with van der Waals surface area (Å²) in [5.41, 5.74) is 21.5. The van der Waals surface area contributed by atoms with Crippen molar-refractivity contribution in [2.24, 2.45) is 0 Å². The Morgan fingerprint density at radius 2 is 0.575 bits per heavy atom. The molecule has 7 nitrogen and oxygen atoms in total. The van der Waals surface area contributed by atoms with Gasteiger partial charge in [-0.15, -0.1) is 0 Å². The summed E-state index contributed by atoms with van der Waals surface area (Å²) in [5, 5.41) is 21.5. The smallest absolute Gasteiger partial charge is 0.159 e. The van der Waals surface area contributed by atoms with Crippen LogP contribution in [0.25, 0.3) is 131 Å². The average Bonchev–Trinajstić information content (AvgIpc) is 0.904. The molecule has 0 saturated heterocycles. The van der Waals surface area contributed by atoms with Crippen molar-refractivity contribution in [1.82, 2.24) is 0 Å². The maximum Gasteiger partial charge on any atom is 0.159 e. The van der Waals surface area contributed by atoms with Crippen LogP contribution in [0.1, 0.15) is 0 Å². The summed E-state index contributed by atoms with van der Waals surface area (Å²) in [7, 11) is -2.93. The molecule has 3 heterocycles. The summed E-state index contributed by atoms with van der Waals surface area (Å²) in [4.78, 5) is 9.50. The molecule has 0 atom stereocenters. The van der Waals surface area contributed by atoms with Gasteiger partial charge < -0.3 is 33.5 Å². The third-order valence-corrected chi connectivity index (χ3v) is 29.8. The zero-order chi connectivity index (χ0) is 85.2. The second-order valence-corrected chi connectivity index (χ2v) is 45.6. The van der Waals surface area contributed by atoms with Crippen LogP contribution in [-0.2, 0) is 0 Å². The van der Waals surface area contributed by atoms with Crippen LogP contribution in [0.5, 0.6) is 23.0 Å². The molecule has 0 aliphatic carbocycles. The molecule has 0 radical (unpaired) electrons. The molecular formula is C118H88N4O3Si2. The van der Waals surface area contributed by atoms with E-state index >= 15 is 0 Å². The molecule has 606 valence electrons. The fourth-order valence-electron chi connectivity index (χ4n) is 19.5. The van der Waals surface area contributed by atoms with E-state index in [4.69, 9.17) is 13.9 Å². The lowest BCUT2D eigenvalue weighted by atomic mass is 9.88. The zero-order valence-electron chi connectivity index (χ0n) is 71.4. The Morgan fingerprint density at radius 1 is 0.197 bits per heavy atom. The maximum absolute atomic E-state index is 7.03. The number of rotatable bonds is 15. The average molecular weight is 1670 g/mol. The van der Waals surface area contributed by atoms with Crippen LogP contribution in [-0.4, -0.2) is 16.1 Å². The lowest BCUT2D eigenvalue weighted by molar-refractivity contribution is 0.487. The Kier molecular flexibility index (Phi) is 18.5. The van der Waals surface area contributed by atoms with Crippen molar-refractivity contribution in [2.75, 3.05) is 19.6 Å². The van der Waals surface area contributed by atoms with Crippen molar-refractivity contribution in [2.45, 2.75) is 39.3 Å². The minimum absolute atomic E-state index is 0.838. The SMILES string of the molecule is C[Si](C)(C)c1ccc(N(c2ccccc2)c2ccc3c(c2)Oc2cccc4c2c-3cc2c3ccccc3c(N(c3ccccc3)c3ccc5ccccc5c3)cc42)cc1.C[Si](C)(C)c1ccc(N(c2ccccc2)c2ccc3c(c2)Oc2cccc4c2c-3cc2c3ccccc3c(N(c3ccccc3-c3ccccc3)c3cccc5c3oc3ccccc35)cc42)cc1. The number of anilines is 12. The van der Waals surface area contributed by atoms with Gasteiger partial charge in [0.1, 0.15) is 28.6 Å². The van der Waals surface area contributed by atoms with E-state index in [1.165, 1.54) is 64.4 Å². The maximum atomic E-state index is 7.03. The highest BCUT2D eigenvalue weighted by atomic mass is 28.3. The van der Waals surface area contributed by atoms with Crippen LogP contribution in [0, 0.1) is 0 Å². The van der Waals surface area contributed by atoms with E-state index in [0.717, 1.165) is 168 Å². The van der Waals surface area contributed by atoms with Gasteiger partial charge in [0.05, 0.1) is 38.9 Å². The molecule has 0 fully saturated rings. The number of ether oxygens (including phenoxy) is 2. The van der Waals surface area contributed by atoms with Gasteiger partial charge in [0.25, 0.3) is 0 Å². The second-order valence-electron chi connectivity index (χ2n) is 35.5. The van der Waals surface area contributed by atoms with Gasteiger partial charge in [-0.25, -0.2) is 0 Å². The molecular weight excluding hydrogens is 1580 g/mol. The first-order chi connectivity index (χ1) is 62.3. The van der Waals surface area contributed by atoms with E-state index < -0.39 is 16.1 Å². The summed E-state index contributed by atoms with van der Waals surface area (Å²) < 4.78 is 20.8. The van der Waals surface area contributed by atoms with Crippen LogP contribution in [0.15, 0.2) is 429 Å². The number of para-hydroxylation sites is 6. The van der Waals surface area contributed by atoms with Gasteiger partial charge in [0.15, 0.2) is 5.58 Å².